The van der Waals surface area contributed by atoms with E-state index < -0.39 is 0 Å². The van der Waals surface area contributed by atoms with Crippen LogP contribution >= 0.6 is 0 Å². The Bertz CT molecular complexity index is 490. The third-order valence-electron chi connectivity index (χ3n) is 3.89. The number of aryl methyl sites for hydroxylation is 1. The molecule has 0 radical (unpaired) electrons. The molecule has 0 saturated carbocycles. The van der Waals surface area contributed by atoms with Gasteiger partial charge in [0.05, 0.1) is 11.3 Å². The summed E-state index contributed by atoms with van der Waals surface area (Å²) in [4.78, 5) is 21.1. The summed E-state index contributed by atoms with van der Waals surface area (Å²) in [6, 6.07) is 2.17. The Morgan fingerprint density at radius 2 is 2.30 bits per heavy atom. The summed E-state index contributed by atoms with van der Waals surface area (Å²) in [6.45, 7) is 9.59. The van der Waals surface area contributed by atoms with Crippen LogP contribution in [0.5, 0.6) is 0 Å². The van der Waals surface area contributed by atoms with Crippen molar-refractivity contribution in [2.45, 2.75) is 26.8 Å². The van der Waals surface area contributed by atoms with Gasteiger partial charge in [0.2, 0.25) is 0 Å². The summed E-state index contributed by atoms with van der Waals surface area (Å²) in [5.41, 5.74) is 4.59. The number of carbonyl (C=O) groups is 1. The Hall–Kier alpha value is -1.66. The quantitative estimate of drug-likeness (QED) is 0.632. The van der Waals surface area contributed by atoms with Crippen LogP contribution in [0.25, 0.3) is 0 Å². The topological polar surface area (TPSA) is 74.5 Å². The first-order chi connectivity index (χ1) is 9.56. The van der Waals surface area contributed by atoms with Crippen LogP contribution in [0.4, 0.5) is 5.69 Å². The number of piperazine rings is 1. The van der Waals surface area contributed by atoms with Crippen molar-refractivity contribution in [3.8, 4) is 0 Å². The number of nitrogen functional groups attached to an aromatic ring is 1. The minimum absolute atomic E-state index is 0.00643. The lowest BCUT2D eigenvalue weighted by atomic mass is 10.1. The minimum atomic E-state index is -0.00643. The predicted octanol–water partition coefficient (Wildman–Crippen LogP) is 0.842. The standard InChI is InChI=1S/C14H23N5O/c1-4-18-5-6-19(9-11(18)3)14(20)12-8-16-10(2)7-13(12)17-15/h7-8,11H,4-6,9,15H2,1-3H3,(H,16,17). The fraction of sp³-hybridized carbons (Fsp3) is 0.571. The molecule has 0 aliphatic carbocycles. The van der Waals surface area contributed by atoms with Crippen molar-refractivity contribution >= 4 is 11.6 Å². The number of nitrogens with one attached hydrogen (secondary N) is 1. The SMILES string of the molecule is CCN1CCN(C(=O)c2cnc(C)cc2NN)CC1C. The first-order valence-electron chi connectivity index (χ1n) is 7.03. The molecule has 1 aromatic rings. The molecule has 1 fully saturated rings. The maximum atomic E-state index is 12.6. The second-order valence-corrected chi connectivity index (χ2v) is 5.24. The average Bonchev–Trinajstić information content (AvgIpc) is 2.46. The van der Waals surface area contributed by atoms with Crippen LogP contribution in [0.1, 0.15) is 29.9 Å². The predicted molar refractivity (Wildman–Crippen MR) is 79.4 cm³/mol. The number of hydrogen-bond acceptors (Lipinski definition) is 5. The van der Waals surface area contributed by atoms with E-state index in [0.717, 1.165) is 31.9 Å². The lowest BCUT2D eigenvalue weighted by Gasteiger charge is -2.39. The van der Waals surface area contributed by atoms with Crippen LogP contribution < -0.4 is 11.3 Å². The number of hydrogen-bond donors (Lipinski definition) is 2. The summed E-state index contributed by atoms with van der Waals surface area (Å²) in [7, 11) is 0. The molecule has 2 rings (SSSR count). The zero-order valence-corrected chi connectivity index (χ0v) is 12.4. The van der Waals surface area contributed by atoms with Gasteiger partial charge in [0, 0.05) is 37.6 Å². The highest BCUT2D eigenvalue weighted by Gasteiger charge is 2.27. The molecule has 1 unspecified atom stereocenters. The molecule has 2 heterocycles. The Kier molecular flexibility index (Phi) is 4.57. The Morgan fingerprint density at radius 1 is 1.55 bits per heavy atom. The fourth-order valence-corrected chi connectivity index (χ4v) is 2.67. The van der Waals surface area contributed by atoms with Crippen molar-refractivity contribution in [1.29, 1.82) is 0 Å². The molecule has 110 valence electrons. The molecule has 6 nitrogen and oxygen atoms in total. The maximum Gasteiger partial charge on any atom is 0.257 e. The summed E-state index contributed by atoms with van der Waals surface area (Å²) in [5.74, 6) is 5.49. The lowest BCUT2D eigenvalue weighted by Crippen LogP contribution is -2.53. The van der Waals surface area contributed by atoms with Gasteiger partial charge in [-0.25, -0.2) is 0 Å². The van der Waals surface area contributed by atoms with Gasteiger partial charge in [0.15, 0.2) is 0 Å². The van der Waals surface area contributed by atoms with Gasteiger partial charge in [0.1, 0.15) is 0 Å². The van der Waals surface area contributed by atoms with Crippen molar-refractivity contribution in [2.24, 2.45) is 5.84 Å². The van der Waals surface area contributed by atoms with E-state index in [-0.39, 0.29) is 5.91 Å². The van der Waals surface area contributed by atoms with E-state index in [0.29, 0.717) is 17.3 Å². The maximum absolute atomic E-state index is 12.6. The van der Waals surface area contributed by atoms with Gasteiger partial charge in [-0.1, -0.05) is 6.92 Å². The second-order valence-electron chi connectivity index (χ2n) is 5.24. The molecule has 1 aromatic heterocycles. The molecule has 0 aromatic carbocycles. The van der Waals surface area contributed by atoms with Crippen molar-refractivity contribution in [1.82, 2.24) is 14.8 Å². The highest BCUT2D eigenvalue weighted by atomic mass is 16.2. The fourth-order valence-electron chi connectivity index (χ4n) is 2.67. The smallest absolute Gasteiger partial charge is 0.257 e. The summed E-state index contributed by atoms with van der Waals surface area (Å²) < 4.78 is 0. The number of nitrogens with zero attached hydrogens (tertiary/aromatic N) is 3. The van der Waals surface area contributed by atoms with Gasteiger partial charge < -0.3 is 10.3 Å². The van der Waals surface area contributed by atoms with Gasteiger partial charge in [-0.05, 0) is 26.5 Å². The number of aromatic nitrogens is 1. The molecule has 6 heteroatoms. The van der Waals surface area contributed by atoms with E-state index in [1.165, 1.54) is 0 Å². The van der Waals surface area contributed by atoms with E-state index in [9.17, 15) is 4.79 Å². The van der Waals surface area contributed by atoms with Crippen molar-refractivity contribution in [3.63, 3.8) is 0 Å². The molecule has 20 heavy (non-hydrogen) atoms. The molecule has 1 aliphatic heterocycles. The second kappa shape index (κ2) is 6.19. The normalized spacial score (nSPS) is 20.0. The van der Waals surface area contributed by atoms with Gasteiger partial charge in [-0.3, -0.25) is 20.5 Å². The van der Waals surface area contributed by atoms with Gasteiger partial charge in [-0.2, -0.15) is 0 Å². The molecule has 1 saturated heterocycles. The van der Waals surface area contributed by atoms with Crippen LogP contribution in [0.3, 0.4) is 0 Å². The minimum Gasteiger partial charge on any atom is -0.336 e. The number of hydrazine groups is 1. The van der Waals surface area contributed by atoms with Crippen LogP contribution in [0, 0.1) is 6.92 Å². The largest absolute Gasteiger partial charge is 0.336 e. The molecule has 0 bridgehead atoms. The highest BCUT2D eigenvalue weighted by molar-refractivity contribution is 5.99. The first-order valence-corrected chi connectivity index (χ1v) is 7.03. The molecule has 1 amide bonds. The Labute approximate surface area is 119 Å². The number of anilines is 1. The van der Waals surface area contributed by atoms with Crippen LogP contribution in [-0.2, 0) is 0 Å². The van der Waals surface area contributed by atoms with E-state index in [1.807, 2.05) is 11.8 Å². The van der Waals surface area contributed by atoms with Gasteiger partial charge in [0.25, 0.3) is 5.91 Å². The Balaban J connectivity index is 2.16. The zero-order chi connectivity index (χ0) is 14.7. The highest BCUT2D eigenvalue weighted by Crippen LogP contribution is 2.19. The number of pyridine rings is 1. The van der Waals surface area contributed by atoms with E-state index in [2.05, 4.69) is 29.2 Å². The molecular formula is C14H23N5O. The number of carbonyl (C=O) groups excluding carboxylic acids is 1. The summed E-state index contributed by atoms with van der Waals surface area (Å²) >= 11 is 0. The first kappa shape index (κ1) is 14.7. The number of rotatable bonds is 3. The van der Waals surface area contributed by atoms with Crippen LogP contribution in [0.15, 0.2) is 12.3 Å². The van der Waals surface area contributed by atoms with Crippen LogP contribution in [0.2, 0.25) is 0 Å². The van der Waals surface area contributed by atoms with Gasteiger partial charge in [-0.15, -0.1) is 0 Å². The number of amides is 1. The summed E-state index contributed by atoms with van der Waals surface area (Å²) in [6.07, 6.45) is 1.60. The number of nitrogens with two attached hydrogens (primary N) is 1. The third-order valence-corrected chi connectivity index (χ3v) is 3.89. The molecule has 3 N–H and O–H groups in total. The Morgan fingerprint density at radius 3 is 2.90 bits per heavy atom. The van der Waals surface area contributed by atoms with Crippen LogP contribution in [-0.4, -0.2) is 52.9 Å². The molecule has 1 aliphatic rings. The van der Waals surface area contributed by atoms with E-state index in [1.54, 1.807) is 12.3 Å². The summed E-state index contributed by atoms with van der Waals surface area (Å²) in [5, 5.41) is 0. The monoisotopic (exact) mass is 277 g/mol. The molecular weight excluding hydrogens is 254 g/mol. The molecule has 1 atom stereocenters. The van der Waals surface area contributed by atoms with E-state index >= 15 is 0 Å². The zero-order valence-electron chi connectivity index (χ0n) is 12.4. The van der Waals surface area contributed by atoms with Crippen molar-refractivity contribution in [2.75, 3.05) is 31.6 Å². The van der Waals surface area contributed by atoms with E-state index in [4.69, 9.17) is 5.84 Å². The van der Waals surface area contributed by atoms with Gasteiger partial charge >= 0.3 is 0 Å². The number of likely N-dealkylation sites (N-methyl/N-ethyl adjacent to an activating group) is 1. The lowest BCUT2D eigenvalue weighted by molar-refractivity contribution is 0.0529. The molecule has 0 spiro atoms. The van der Waals surface area contributed by atoms with Crippen molar-refractivity contribution in [3.05, 3.63) is 23.5 Å². The van der Waals surface area contributed by atoms with Crippen molar-refractivity contribution < 1.29 is 4.79 Å². The average molecular weight is 277 g/mol. The third kappa shape index (κ3) is 2.91.